The summed E-state index contributed by atoms with van der Waals surface area (Å²) in [6, 6.07) is 10.6. The number of piperidine rings is 1. The van der Waals surface area contributed by atoms with Crippen LogP contribution in [0.2, 0.25) is 5.02 Å². The van der Waals surface area contributed by atoms with E-state index in [9.17, 15) is 9.65 Å². The van der Waals surface area contributed by atoms with E-state index in [1.165, 1.54) is 44.9 Å². The highest BCUT2D eigenvalue weighted by Crippen LogP contribution is 2.43. The molecule has 0 amide bonds. The molecule has 1 aromatic heterocycles. The molecular weight excluding hydrogens is 525 g/mol. The van der Waals surface area contributed by atoms with Crippen LogP contribution in [0, 0.1) is 35.0 Å². The number of alkyl halides is 1. The van der Waals surface area contributed by atoms with E-state index in [2.05, 4.69) is 36.9 Å². The highest BCUT2D eigenvalue weighted by Gasteiger charge is 2.40. The molecule has 3 fully saturated rings. The molecule has 5 rings (SSSR count). The molecule has 1 aromatic carbocycles. The van der Waals surface area contributed by atoms with Crippen LogP contribution in [0.25, 0.3) is 0 Å². The van der Waals surface area contributed by atoms with Gasteiger partial charge >= 0.3 is 0 Å². The minimum absolute atomic E-state index is 0.205. The molecule has 3 N–H and O–H groups in total. The second-order valence-electron chi connectivity index (χ2n) is 11.9. The van der Waals surface area contributed by atoms with Gasteiger partial charge in [-0.1, -0.05) is 36.2 Å². The lowest BCUT2D eigenvalue weighted by Crippen LogP contribution is -2.51. The van der Waals surface area contributed by atoms with Gasteiger partial charge in [-0.25, -0.2) is 4.98 Å². The fourth-order valence-electron chi connectivity index (χ4n) is 7.11. The lowest BCUT2D eigenvalue weighted by Gasteiger charge is -2.47. The molecule has 216 valence electrons. The molecule has 1 unspecified atom stereocenters. The van der Waals surface area contributed by atoms with Crippen molar-refractivity contribution < 1.29 is 4.39 Å². The molecule has 9 heteroatoms. The van der Waals surface area contributed by atoms with Gasteiger partial charge < -0.3 is 20.9 Å². The summed E-state index contributed by atoms with van der Waals surface area (Å²) < 4.78 is 12.5. The smallest absolute Gasteiger partial charge is 0.224 e. The number of benzene rings is 1. The summed E-state index contributed by atoms with van der Waals surface area (Å²) in [6.07, 6.45) is 11.1. The van der Waals surface area contributed by atoms with Gasteiger partial charge in [-0.15, -0.1) is 0 Å². The van der Waals surface area contributed by atoms with Gasteiger partial charge in [0.15, 0.2) is 0 Å². The summed E-state index contributed by atoms with van der Waals surface area (Å²) >= 11 is 6.28. The second-order valence-corrected chi connectivity index (χ2v) is 12.4. The zero-order valence-corrected chi connectivity index (χ0v) is 24.2. The number of nitrogens with one attached hydrogen (secondary N) is 3. The van der Waals surface area contributed by atoms with Crippen LogP contribution in [0.5, 0.6) is 0 Å². The van der Waals surface area contributed by atoms with E-state index < -0.39 is 0 Å². The van der Waals surface area contributed by atoms with Gasteiger partial charge in [-0.3, -0.25) is 4.39 Å². The Balaban J connectivity index is 1.11. The van der Waals surface area contributed by atoms with Crippen molar-refractivity contribution in [1.29, 1.82) is 5.26 Å². The maximum absolute atomic E-state index is 12.5. The number of hydrogen-bond donors (Lipinski definition) is 3. The van der Waals surface area contributed by atoms with Gasteiger partial charge in [0.2, 0.25) is 5.95 Å². The fourth-order valence-corrected chi connectivity index (χ4v) is 7.31. The van der Waals surface area contributed by atoms with Crippen LogP contribution >= 0.6 is 11.6 Å². The first-order valence-electron chi connectivity index (χ1n) is 15.1. The monoisotopic (exact) mass is 567 g/mol. The van der Waals surface area contributed by atoms with Gasteiger partial charge in [0, 0.05) is 30.7 Å². The number of nitriles is 1. The van der Waals surface area contributed by atoms with Crippen LogP contribution in [0.4, 0.5) is 16.2 Å². The second kappa shape index (κ2) is 14.4. The van der Waals surface area contributed by atoms with E-state index in [-0.39, 0.29) is 6.67 Å². The van der Waals surface area contributed by atoms with Crippen molar-refractivity contribution in [2.45, 2.75) is 64.0 Å². The molecule has 3 aliphatic rings. The number of halogens is 2. The predicted octanol–water partition coefficient (Wildman–Crippen LogP) is 5.88. The zero-order chi connectivity index (χ0) is 27.7. The van der Waals surface area contributed by atoms with E-state index >= 15 is 0 Å². The number of likely N-dealkylation sites (tertiary alicyclic amines) is 1. The molecule has 2 saturated carbocycles. The number of aromatic nitrogens is 2. The molecule has 40 heavy (non-hydrogen) atoms. The zero-order valence-electron chi connectivity index (χ0n) is 23.4. The molecule has 2 aliphatic carbocycles. The molecule has 1 aliphatic heterocycles. The molecule has 2 aromatic rings. The fraction of sp³-hybridized carbons (Fsp3) is 0.645. The average molecular weight is 568 g/mol. The molecule has 0 spiro atoms. The summed E-state index contributed by atoms with van der Waals surface area (Å²) in [5.74, 6) is 3.84. The first kappa shape index (κ1) is 29.0. The summed E-state index contributed by atoms with van der Waals surface area (Å²) in [6.45, 7) is 5.39. The first-order valence-corrected chi connectivity index (χ1v) is 15.5. The Labute approximate surface area is 243 Å². The first-order chi connectivity index (χ1) is 19.6. The molecule has 4 atom stereocenters. The van der Waals surface area contributed by atoms with E-state index in [1.807, 2.05) is 24.3 Å². The average Bonchev–Trinajstić information content (AvgIpc) is 2.98. The Kier molecular flexibility index (Phi) is 10.5. The highest BCUT2D eigenvalue weighted by molar-refractivity contribution is 6.31. The normalized spacial score (nSPS) is 25.3. The van der Waals surface area contributed by atoms with Gasteiger partial charge in [0.25, 0.3) is 0 Å². The number of fused-ring (bicyclic) bond motifs is 2. The Hall–Kier alpha value is -2.47. The summed E-state index contributed by atoms with van der Waals surface area (Å²) in [5, 5.41) is 21.1. The lowest BCUT2D eigenvalue weighted by atomic mass is 9.64. The largest absolute Gasteiger partial charge is 0.369 e. The van der Waals surface area contributed by atoms with E-state index in [4.69, 9.17) is 11.6 Å². The van der Waals surface area contributed by atoms with Crippen molar-refractivity contribution >= 4 is 23.4 Å². The Morgan fingerprint density at radius 2 is 1.80 bits per heavy atom. The van der Waals surface area contributed by atoms with Crippen LogP contribution in [0.1, 0.15) is 62.5 Å². The van der Waals surface area contributed by atoms with E-state index in [1.54, 1.807) is 6.20 Å². The van der Waals surface area contributed by atoms with Crippen molar-refractivity contribution in [3.63, 3.8) is 0 Å². The van der Waals surface area contributed by atoms with Gasteiger partial charge in [-0.2, -0.15) is 10.2 Å². The summed E-state index contributed by atoms with van der Waals surface area (Å²) in [7, 11) is 0. The number of anilines is 2. The Bertz CT molecular complexity index is 1120. The summed E-state index contributed by atoms with van der Waals surface area (Å²) in [5.41, 5.74) is 1.44. The molecule has 2 bridgehead atoms. The minimum atomic E-state index is -0.205. The van der Waals surface area contributed by atoms with Crippen molar-refractivity contribution in [2.75, 3.05) is 50.0 Å². The van der Waals surface area contributed by atoms with Crippen LogP contribution in [-0.4, -0.2) is 60.3 Å². The predicted molar refractivity (Wildman–Crippen MR) is 159 cm³/mol. The van der Waals surface area contributed by atoms with Gasteiger partial charge in [-0.05, 0) is 99.9 Å². The third-order valence-corrected chi connectivity index (χ3v) is 9.63. The van der Waals surface area contributed by atoms with Crippen molar-refractivity contribution in [3.8, 4) is 6.07 Å². The standard InChI is InChI=1S/C31H43ClFN7/c32-28-8-2-1-5-26(28)20-37-31-38-21-27(17-34)30(39-31)36-19-23-15-24-6-3-7-25(16-23)29(24)35-18-22-9-13-40(14-10-22)12-4-11-33/h1-2,5,8,21-25,29,35H,3-4,6-7,9-16,18-20H2,(H2,36,37,38,39)/t23?,24-,25+,29-. The van der Waals surface area contributed by atoms with Crippen LogP contribution in [-0.2, 0) is 6.54 Å². The van der Waals surface area contributed by atoms with Gasteiger partial charge in [0.1, 0.15) is 17.5 Å². The van der Waals surface area contributed by atoms with Crippen LogP contribution in [0.3, 0.4) is 0 Å². The van der Waals surface area contributed by atoms with E-state index in [0.717, 1.165) is 56.0 Å². The Morgan fingerprint density at radius 1 is 1.02 bits per heavy atom. The number of nitrogens with zero attached hydrogens (tertiary/aromatic N) is 4. The van der Waals surface area contributed by atoms with Crippen molar-refractivity contribution in [3.05, 3.63) is 46.6 Å². The minimum Gasteiger partial charge on any atom is -0.369 e. The molecule has 2 heterocycles. The van der Waals surface area contributed by atoms with Gasteiger partial charge in [0.05, 0.1) is 12.9 Å². The maximum atomic E-state index is 12.5. The van der Waals surface area contributed by atoms with Crippen molar-refractivity contribution in [1.82, 2.24) is 20.2 Å². The summed E-state index contributed by atoms with van der Waals surface area (Å²) in [4.78, 5) is 11.4. The number of rotatable bonds is 12. The van der Waals surface area contributed by atoms with Crippen LogP contribution < -0.4 is 16.0 Å². The molecular formula is C31H43ClFN7. The lowest BCUT2D eigenvalue weighted by molar-refractivity contribution is 0.0805. The van der Waals surface area contributed by atoms with Crippen LogP contribution in [0.15, 0.2) is 30.5 Å². The molecule has 1 saturated heterocycles. The maximum Gasteiger partial charge on any atom is 0.224 e. The molecule has 7 nitrogen and oxygen atoms in total. The SMILES string of the molecule is N#Cc1cnc(NCc2ccccc2Cl)nc1NCC1C[C@H]2CCC[C@@H](C1)[C@@H]2NCC1CCN(CCCF)CC1. The van der Waals surface area contributed by atoms with Crippen molar-refractivity contribution in [2.24, 2.45) is 23.7 Å². The Morgan fingerprint density at radius 3 is 2.52 bits per heavy atom. The third kappa shape index (κ3) is 7.63. The topological polar surface area (TPSA) is 88.9 Å². The third-order valence-electron chi connectivity index (χ3n) is 9.26. The quantitative estimate of drug-likeness (QED) is 0.295. The van der Waals surface area contributed by atoms with E-state index in [0.29, 0.717) is 47.3 Å². The highest BCUT2D eigenvalue weighted by atomic mass is 35.5. The molecule has 0 radical (unpaired) electrons. The number of hydrogen-bond acceptors (Lipinski definition) is 7.